The third-order valence-electron chi connectivity index (χ3n) is 3.20. The third kappa shape index (κ3) is 2.50. The van der Waals surface area contributed by atoms with E-state index in [4.69, 9.17) is 0 Å². The molecule has 1 fully saturated rings. The Labute approximate surface area is 105 Å². The molecule has 0 spiro atoms. The summed E-state index contributed by atoms with van der Waals surface area (Å²) in [6.07, 6.45) is 0.507. The first kappa shape index (κ1) is 12.5. The molecule has 1 aliphatic heterocycles. The fraction of sp³-hybridized carbons (Fsp3) is 0.385. The number of benzene rings is 1. The van der Waals surface area contributed by atoms with Crippen LogP contribution in [0.25, 0.3) is 0 Å². The lowest BCUT2D eigenvalue weighted by atomic mass is 10.2. The van der Waals surface area contributed by atoms with Crippen molar-refractivity contribution in [2.45, 2.75) is 6.92 Å². The van der Waals surface area contributed by atoms with Crippen molar-refractivity contribution in [3.8, 4) is 0 Å². The van der Waals surface area contributed by atoms with Crippen LogP contribution in [-0.2, 0) is 4.79 Å². The number of halogens is 1. The summed E-state index contributed by atoms with van der Waals surface area (Å²) in [5, 5.41) is 0. The molecule has 4 nitrogen and oxygen atoms in total. The number of hydrogen-bond donors (Lipinski definition) is 0. The predicted octanol–water partition coefficient (Wildman–Crippen LogP) is 1.31. The van der Waals surface area contributed by atoms with Gasteiger partial charge in [-0.25, -0.2) is 4.39 Å². The summed E-state index contributed by atoms with van der Waals surface area (Å²) >= 11 is 0. The van der Waals surface area contributed by atoms with Gasteiger partial charge in [0, 0.05) is 38.8 Å². The molecule has 2 rings (SSSR count). The molecule has 0 bridgehead atoms. The van der Waals surface area contributed by atoms with E-state index in [-0.39, 0.29) is 11.5 Å². The van der Waals surface area contributed by atoms with Crippen LogP contribution in [-0.4, -0.2) is 43.3 Å². The monoisotopic (exact) mass is 250 g/mol. The maximum Gasteiger partial charge on any atom is 0.219 e. The van der Waals surface area contributed by atoms with Crippen LogP contribution in [0.3, 0.4) is 0 Å². The van der Waals surface area contributed by atoms with Crippen LogP contribution in [0.5, 0.6) is 0 Å². The van der Waals surface area contributed by atoms with E-state index >= 15 is 0 Å². The van der Waals surface area contributed by atoms with Gasteiger partial charge in [-0.15, -0.1) is 0 Å². The lowest BCUT2D eigenvalue weighted by Gasteiger charge is -2.35. The average molecular weight is 250 g/mol. The van der Waals surface area contributed by atoms with Crippen LogP contribution in [0.4, 0.5) is 10.1 Å². The van der Waals surface area contributed by atoms with Gasteiger partial charge in [-0.1, -0.05) is 0 Å². The van der Waals surface area contributed by atoms with E-state index in [2.05, 4.69) is 0 Å². The number of carbonyl (C=O) groups is 2. The number of rotatable bonds is 2. The second-order valence-electron chi connectivity index (χ2n) is 4.32. The topological polar surface area (TPSA) is 40.6 Å². The Morgan fingerprint density at radius 2 is 1.94 bits per heavy atom. The van der Waals surface area contributed by atoms with E-state index in [1.165, 1.54) is 12.1 Å². The van der Waals surface area contributed by atoms with Crippen molar-refractivity contribution in [1.29, 1.82) is 0 Å². The van der Waals surface area contributed by atoms with Crippen LogP contribution in [0, 0.1) is 5.82 Å². The van der Waals surface area contributed by atoms with E-state index in [9.17, 15) is 14.0 Å². The molecule has 5 heteroatoms. The zero-order valence-electron chi connectivity index (χ0n) is 10.2. The molecule has 1 aromatic carbocycles. The summed E-state index contributed by atoms with van der Waals surface area (Å²) in [4.78, 5) is 25.5. The molecular weight excluding hydrogens is 235 g/mol. The highest BCUT2D eigenvalue weighted by atomic mass is 19.1. The van der Waals surface area contributed by atoms with Crippen molar-refractivity contribution in [2.75, 3.05) is 31.1 Å². The fourth-order valence-corrected chi connectivity index (χ4v) is 2.09. The van der Waals surface area contributed by atoms with E-state index < -0.39 is 5.82 Å². The molecule has 0 aromatic heterocycles. The van der Waals surface area contributed by atoms with Gasteiger partial charge >= 0.3 is 0 Å². The third-order valence-corrected chi connectivity index (χ3v) is 3.20. The number of amides is 1. The highest BCUT2D eigenvalue weighted by Gasteiger charge is 2.19. The predicted molar refractivity (Wildman–Crippen MR) is 66.3 cm³/mol. The first-order valence-electron chi connectivity index (χ1n) is 5.87. The molecule has 1 saturated heterocycles. The number of hydrogen-bond acceptors (Lipinski definition) is 3. The lowest BCUT2D eigenvalue weighted by Crippen LogP contribution is -2.48. The van der Waals surface area contributed by atoms with Gasteiger partial charge < -0.3 is 9.80 Å². The Balaban J connectivity index is 2.08. The largest absolute Gasteiger partial charge is 0.368 e. The van der Waals surface area contributed by atoms with Crippen molar-refractivity contribution in [3.63, 3.8) is 0 Å². The van der Waals surface area contributed by atoms with Crippen molar-refractivity contribution in [3.05, 3.63) is 29.6 Å². The molecule has 1 heterocycles. The van der Waals surface area contributed by atoms with E-state index in [1.807, 2.05) is 4.90 Å². The number of piperazine rings is 1. The van der Waals surface area contributed by atoms with Gasteiger partial charge in [0.05, 0.1) is 5.56 Å². The Morgan fingerprint density at radius 1 is 1.28 bits per heavy atom. The Hall–Kier alpha value is -1.91. The van der Waals surface area contributed by atoms with E-state index in [0.29, 0.717) is 32.5 Å². The quantitative estimate of drug-likeness (QED) is 0.743. The fourth-order valence-electron chi connectivity index (χ4n) is 2.09. The first-order valence-corrected chi connectivity index (χ1v) is 5.87. The number of carbonyl (C=O) groups excluding carboxylic acids is 2. The molecule has 96 valence electrons. The Bertz CT molecular complexity index is 468. The molecule has 18 heavy (non-hydrogen) atoms. The standard InChI is InChI=1S/C13H15FN2O2/c1-10(18)15-4-6-16(7-5-15)12-3-2-11(9-17)13(14)8-12/h2-3,8-9H,4-7H2,1H3. The molecule has 0 radical (unpaired) electrons. The maximum absolute atomic E-state index is 13.5. The minimum absolute atomic E-state index is 0.0668. The van der Waals surface area contributed by atoms with E-state index in [0.717, 1.165) is 5.69 Å². The number of nitrogens with zero attached hydrogens (tertiary/aromatic N) is 2. The van der Waals surface area contributed by atoms with Gasteiger partial charge in [0.25, 0.3) is 0 Å². The van der Waals surface area contributed by atoms with Crippen LogP contribution in [0.2, 0.25) is 0 Å². The molecule has 0 aliphatic carbocycles. The van der Waals surface area contributed by atoms with Crippen molar-refractivity contribution in [1.82, 2.24) is 4.90 Å². The molecule has 0 unspecified atom stereocenters. The lowest BCUT2D eigenvalue weighted by molar-refractivity contribution is -0.129. The summed E-state index contributed by atoms with van der Waals surface area (Å²) in [5.74, 6) is -0.436. The maximum atomic E-state index is 13.5. The molecule has 0 atom stereocenters. The van der Waals surface area contributed by atoms with Gasteiger partial charge in [-0.05, 0) is 18.2 Å². The average Bonchev–Trinajstić information content (AvgIpc) is 2.38. The summed E-state index contributed by atoms with van der Waals surface area (Å²) in [7, 11) is 0. The molecular formula is C13H15FN2O2. The Kier molecular flexibility index (Phi) is 3.60. The zero-order valence-corrected chi connectivity index (χ0v) is 10.2. The second-order valence-corrected chi connectivity index (χ2v) is 4.32. The van der Waals surface area contributed by atoms with Gasteiger partial charge in [0.2, 0.25) is 5.91 Å². The summed E-state index contributed by atoms with van der Waals surface area (Å²) in [5.41, 5.74) is 0.822. The normalized spacial score (nSPS) is 15.7. The summed E-state index contributed by atoms with van der Waals surface area (Å²) in [6.45, 7) is 4.20. The van der Waals surface area contributed by atoms with Gasteiger partial charge in [0.15, 0.2) is 6.29 Å². The first-order chi connectivity index (χ1) is 8.61. The van der Waals surface area contributed by atoms with Crippen molar-refractivity contribution < 1.29 is 14.0 Å². The van der Waals surface area contributed by atoms with Crippen molar-refractivity contribution in [2.24, 2.45) is 0 Å². The molecule has 0 saturated carbocycles. The summed E-state index contributed by atoms with van der Waals surface area (Å²) in [6, 6.07) is 4.58. The van der Waals surface area contributed by atoms with Gasteiger partial charge in [0.1, 0.15) is 5.82 Å². The van der Waals surface area contributed by atoms with Gasteiger partial charge in [-0.3, -0.25) is 9.59 Å². The zero-order chi connectivity index (χ0) is 13.1. The Morgan fingerprint density at radius 3 is 2.44 bits per heavy atom. The van der Waals surface area contributed by atoms with Crippen molar-refractivity contribution >= 4 is 17.9 Å². The highest BCUT2D eigenvalue weighted by Crippen LogP contribution is 2.19. The molecule has 1 amide bonds. The molecule has 1 aliphatic rings. The van der Waals surface area contributed by atoms with Crippen LogP contribution >= 0.6 is 0 Å². The van der Waals surface area contributed by atoms with Gasteiger partial charge in [-0.2, -0.15) is 0 Å². The smallest absolute Gasteiger partial charge is 0.219 e. The molecule has 1 aromatic rings. The minimum Gasteiger partial charge on any atom is -0.368 e. The number of anilines is 1. The second kappa shape index (κ2) is 5.16. The highest BCUT2D eigenvalue weighted by molar-refractivity contribution is 5.76. The molecule has 0 N–H and O–H groups in total. The van der Waals surface area contributed by atoms with Crippen LogP contribution < -0.4 is 4.90 Å². The number of aldehydes is 1. The minimum atomic E-state index is -0.503. The SMILES string of the molecule is CC(=O)N1CCN(c2ccc(C=O)c(F)c2)CC1. The van der Waals surface area contributed by atoms with Crippen LogP contribution in [0.15, 0.2) is 18.2 Å². The van der Waals surface area contributed by atoms with E-state index in [1.54, 1.807) is 17.9 Å². The summed E-state index contributed by atoms with van der Waals surface area (Å²) < 4.78 is 13.5. The van der Waals surface area contributed by atoms with Crippen LogP contribution in [0.1, 0.15) is 17.3 Å².